The number of unbranched alkanes of at least 4 members (excludes halogenated alkanes) is 1. The van der Waals surface area contributed by atoms with Crippen molar-refractivity contribution in [2.75, 3.05) is 33.2 Å². The molecular weight excluding hydrogens is 406 g/mol. The second-order valence-electron chi connectivity index (χ2n) is 5.70. The average Bonchev–Trinajstić information content (AvgIpc) is 3.05. The Kier molecular flexibility index (Phi) is 10.2. The third kappa shape index (κ3) is 7.48. The molecule has 0 bridgehead atoms. The lowest BCUT2D eigenvalue weighted by Gasteiger charge is -2.15. The van der Waals surface area contributed by atoms with Crippen LogP contribution in [0.25, 0.3) is 0 Å². The van der Waals surface area contributed by atoms with Crippen molar-refractivity contribution < 1.29 is 4.39 Å². The Morgan fingerprint density at radius 2 is 1.91 bits per heavy atom. The van der Waals surface area contributed by atoms with Gasteiger partial charge in [0, 0.05) is 25.7 Å². The lowest BCUT2D eigenvalue weighted by atomic mass is 10.2. The number of nitrogens with zero attached hydrogens (tertiary/aromatic N) is 2. The lowest BCUT2D eigenvalue weighted by Crippen LogP contribution is -2.37. The molecular formula is C17H28FIN4. The third-order valence-corrected chi connectivity index (χ3v) is 4.02. The zero-order valence-electron chi connectivity index (χ0n) is 13.9. The van der Waals surface area contributed by atoms with Gasteiger partial charge in [-0.05, 0) is 51.4 Å². The van der Waals surface area contributed by atoms with E-state index in [0.717, 1.165) is 18.9 Å². The summed E-state index contributed by atoms with van der Waals surface area (Å²) in [6, 6.07) is 6.80. The molecule has 0 spiro atoms. The van der Waals surface area contributed by atoms with Crippen molar-refractivity contribution in [3.63, 3.8) is 0 Å². The van der Waals surface area contributed by atoms with Gasteiger partial charge >= 0.3 is 0 Å². The predicted octanol–water partition coefficient (Wildman–Crippen LogP) is 2.98. The molecule has 1 aromatic carbocycles. The number of nitrogens with one attached hydrogen (secondary N) is 2. The lowest BCUT2D eigenvalue weighted by molar-refractivity contribution is 0.330. The van der Waals surface area contributed by atoms with E-state index in [4.69, 9.17) is 0 Å². The largest absolute Gasteiger partial charge is 0.356 e. The fourth-order valence-electron chi connectivity index (χ4n) is 2.71. The van der Waals surface area contributed by atoms with Gasteiger partial charge in [0.2, 0.25) is 0 Å². The molecule has 1 aliphatic heterocycles. The summed E-state index contributed by atoms with van der Waals surface area (Å²) in [4.78, 5) is 6.70. The number of benzene rings is 1. The van der Waals surface area contributed by atoms with E-state index in [0.29, 0.717) is 12.1 Å². The number of likely N-dealkylation sites (tertiary alicyclic amines) is 1. The van der Waals surface area contributed by atoms with E-state index in [-0.39, 0.29) is 29.8 Å². The molecule has 23 heavy (non-hydrogen) atoms. The van der Waals surface area contributed by atoms with Gasteiger partial charge < -0.3 is 15.5 Å². The van der Waals surface area contributed by atoms with Crippen molar-refractivity contribution in [1.29, 1.82) is 0 Å². The summed E-state index contributed by atoms with van der Waals surface area (Å²) in [5.74, 6) is 0.542. The Labute approximate surface area is 156 Å². The van der Waals surface area contributed by atoms with Gasteiger partial charge in [-0.15, -0.1) is 24.0 Å². The van der Waals surface area contributed by atoms with E-state index in [1.165, 1.54) is 45.0 Å². The maximum absolute atomic E-state index is 13.5. The molecule has 6 heteroatoms. The number of halogens is 2. The monoisotopic (exact) mass is 434 g/mol. The van der Waals surface area contributed by atoms with Gasteiger partial charge in [-0.25, -0.2) is 4.39 Å². The van der Waals surface area contributed by atoms with Crippen LogP contribution in [0.5, 0.6) is 0 Å². The van der Waals surface area contributed by atoms with Gasteiger partial charge in [0.1, 0.15) is 5.82 Å². The second-order valence-corrected chi connectivity index (χ2v) is 5.70. The Morgan fingerprint density at radius 3 is 2.61 bits per heavy atom. The molecule has 1 aromatic rings. The van der Waals surface area contributed by atoms with Crippen molar-refractivity contribution in [3.05, 3.63) is 35.6 Å². The van der Waals surface area contributed by atoms with E-state index in [2.05, 4.69) is 20.5 Å². The molecule has 0 amide bonds. The van der Waals surface area contributed by atoms with Gasteiger partial charge in [-0.2, -0.15) is 0 Å². The molecule has 1 heterocycles. The maximum Gasteiger partial charge on any atom is 0.191 e. The van der Waals surface area contributed by atoms with Gasteiger partial charge in [0.05, 0.1) is 0 Å². The van der Waals surface area contributed by atoms with E-state index in [1.54, 1.807) is 19.2 Å². The van der Waals surface area contributed by atoms with E-state index >= 15 is 0 Å². The second kappa shape index (κ2) is 11.6. The topological polar surface area (TPSA) is 39.7 Å². The first-order chi connectivity index (χ1) is 10.8. The van der Waals surface area contributed by atoms with E-state index in [1.807, 2.05) is 6.07 Å². The van der Waals surface area contributed by atoms with Crippen molar-refractivity contribution in [1.82, 2.24) is 15.5 Å². The average molecular weight is 434 g/mol. The number of hydrogen-bond donors (Lipinski definition) is 2. The highest BCUT2D eigenvalue weighted by atomic mass is 127. The zero-order chi connectivity index (χ0) is 15.6. The quantitative estimate of drug-likeness (QED) is 0.300. The van der Waals surface area contributed by atoms with Crippen LogP contribution in [0, 0.1) is 5.82 Å². The summed E-state index contributed by atoms with van der Waals surface area (Å²) in [6.07, 6.45) is 5.03. The van der Waals surface area contributed by atoms with Crippen molar-refractivity contribution in [2.24, 2.45) is 4.99 Å². The van der Waals surface area contributed by atoms with Gasteiger partial charge in [0.15, 0.2) is 5.96 Å². The van der Waals surface area contributed by atoms with Crippen LogP contribution in [0.4, 0.5) is 4.39 Å². The van der Waals surface area contributed by atoms with E-state index in [9.17, 15) is 4.39 Å². The minimum Gasteiger partial charge on any atom is -0.356 e. The molecule has 1 fully saturated rings. The first-order valence-electron chi connectivity index (χ1n) is 8.20. The van der Waals surface area contributed by atoms with Crippen LogP contribution >= 0.6 is 24.0 Å². The standard InChI is InChI=1S/C17H27FN4.HI/c1-19-17(21-14-15-8-2-3-9-16(15)18)20-10-4-5-11-22-12-6-7-13-22;/h2-3,8-9H,4-7,10-14H2,1H3,(H2,19,20,21);1H. The van der Waals surface area contributed by atoms with Crippen LogP contribution in [0.2, 0.25) is 0 Å². The van der Waals surface area contributed by atoms with E-state index < -0.39 is 0 Å². The molecule has 130 valence electrons. The Bertz CT molecular complexity index is 475. The molecule has 0 saturated carbocycles. The van der Waals surface area contributed by atoms with Crippen LogP contribution in [-0.2, 0) is 6.54 Å². The van der Waals surface area contributed by atoms with Crippen molar-refractivity contribution >= 4 is 29.9 Å². The normalized spacial score (nSPS) is 15.3. The predicted molar refractivity (Wildman–Crippen MR) is 105 cm³/mol. The molecule has 0 unspecified atom stereocenters. The first-order valence-corrected chi connectivity index (χ1v) is 8.20. The van der Waals surface area contributed by atoms with Crippen LogP contribution in [-0.4, -0.2) is 44.1 Å². The molecule has 0 aliphatic carbocycles. The number of hydrogen-bond acceptors (Lipinski definition) is 2. The number of aliphatic imine (C=N–C) groups is 1. The highest BCUT2D eigenvalue weighted by Crippen LogP contribution is 2.08. The van der Waals surface area contributed by atoms with Gasteiger partial charge in [-0.1, -0.05) is 18.2 Å². The summed E-state index contributed by atoms with van der Waals surface area (Å²) >= 11 is 0. The maximum atomic E-state index is 13.5. The third-order valence-electron chi connectivity index (χ3n) is 4.02. The zero-order valence-corrected chi connectivity index (χ0v) is 16.2. The fraction of sp³-hybridized carbons (Fsp3) is 0.588. The van der Waals surface area contributed by atoms with Crippen LogP contribution in [0.3, 0.4) is 0 Å². The van der Waals surface area contributed by atoms with Crippen LogP contribution < -0.4 is 10.6 Å². The van der Waals surface area contributed by atoms with Gasteiger partial charge in [0.25, 0.3) is 0 Å². The smallest absolute Gasteiger partial charge is 0.191 e. The molecule has 4 nitrogen and oxygen atoms in total. The SMILES string of the molecule is CN=C(NCCCCN1CCCC1)NCc1ccccc1F.I. The number of rotatable bonds is 7. The highest BCUT2D eigenvalue weighted by molar-refractivity contribution is 14.0. The molecule has 2 N–H and O–H groups in total. The summed E-state index contributed by atoms with van der Waals surface area (Å²) in [5.41, 5.74) is 0.652. The Balaban J connectivity index is 0.00000264. The van der Waals surface area contributed by atoms with Crippen LogP contribution in [0.1, 0.15) is 31.2 Å². The molecule has 0 radical (unpaired) electrons. The van der Waals surface area contributed by atoms with Crippen molar-refractivity contribution in [2.45, 2.75) is 32.2 Å². The Morgan fingerprint density at radius 1 is 1.17 bits per heavy atom. The molecule has 0 atom stereocenters. The van der Waals surface area contributed by atoms with Crippen LogP contribution in [0.15, 0.2) is 29.3 Å². The molecule has 1 aliphatic rings. The number of guanidine groups is 1. The highest BCUT2D eigenvalue weighted by Gasteiger charge is 2.10. The summed E-state index contributed by atoms with van der Waals surface area (Å²) in [7, 11) is 1.74. The fourth-order valence-corrected chi connectivity index (χ4v) is 2.71. The molecule has 1 saturated heterocycles. The first kappa shape index (κ1) is 20.2. The summed E-state index contributed by atoms with van der Waals surface area (Å²) in [5, 5.41) is 6.43. The Hall–Kier alpha value is -0.890. The minimum atomic E-state index is -0.184. The molecule has 2 rings (SSSR count). The molecule has 0 aromatic heterocycles. The van der Waals surface area contributed by atoms with Crippen molar-refractivity contribution in [3.8, 4) is 0 Å². The summed E-state index contributed by atoms with van der Waals surface area (Å²) in [6.45, 7) is 5.06. The van der Waals surface area contributed by atoms with Gasteiger partial charge in [-0.3, -0.25) is 4.99 Å². The summed E-state index contributed by atoms with van der Waals surface area (Å²) < 4.78 is 13.5. The minimum absolute atomic E-state index is 0.